The van der Waals surface area contributed by atoms with Crippen molar-refractivity contribution in [1.82, 2.24) is 5.32 Å². The van der Waals surface area contributed by atoms with Crippen molar-refractivity contribution >= 4 is 5.78 Å². The van der Waals surface area contributed by atoms with Crippen LogP contribution in [0.3, 0.4) is 0 Å². The monoisotopic (exact) mass is 272 g/mol. The van der Waals surface area contributed by atoms with Gasteiger partial charge in [-0.2, -0.15) is 0 Å². The van der Waals surface area contributed by atoms with E-state index < -0.39 is 0 Å². The molecule has 0 bridgehead atoms. The summed E-state index contributed by atoms with van der Waals surface area (Å²) in [7, 11) is 0. The number of hydrogen-bond acceptors (Lipinski definition) is 5. The minimum absolute atomic E-state index is 0.0643. The number of nitrogens with one attached hydrogen (secondary N) is 1. The lowest BCUT2D eigenvalue weighted by molar-refractivity contribution is -0.121. The number of Topliss-reactive ketones (excluding diaryl/α,β-unsaturated/α-hetero) is 1. The largest absolute Gasteiger partial charge is 0.387 e. The Morgan fingerprint density at radius 3 is 2.47 bits per heavy atom. The van der Waals surface area contributed by atoms with Crippen molar-refractivity contribution in [3.63, 3.8) is 0 Å². The molecule has 5 nitrogen and oxygen atoms in total. The zero-order valence-corrected chi connectivity index (χ0v) is 12.4. The molecule has 0 aliphatic heterocycles. The number of rotatable bonds is 12. The van der Waals surface area contributed by atoms with Gasteiger partial charge in [-0.15, -0.1) is 0 Å². The highest BCUT2D eigenvalue weighted by molar-refractivity contribution is 5.83. The van der Waals surface area contributed by atoms with E-state index in [0.717, 1.165) is 12.2 Å². The lowest BCUT2D eigenvalue weighted by Gasteiger charge is -2.09. The summed E-state index contributed by atoms with van der Waals surface area (Å²) in [5, 5.41) is 3.20. The Morgan fingerprint density at radius 1 is 1.26 bits per heavy atom. The van der Waals surface area contributed by atoms with Crippen LogP contribution < -0.4 is 11.1 Å². The molecule has 112 valence electrons. The molecule has 1 atom stereocenters. The minimum atomic E-state index is -0.346. The van der Waals surface area contributed by atoms with Crippen LogP contribution in [0, 0.1) is 0 Å². The van der Waals surface area contributed by atoms with E-state index in [1.54, 1.807) is 0 Å². The first-order valence-corrected chi connectivity index (χ1v) is 6.92. The van der Waals surface area contributed by atoms with E-state index in [2.05, 4.69) is 5.32 Å². The highest BCUT2D eigenvalue weighted by Crippen LogP contribution is 1.94. The molecule has 0 aromatic carbocycles. The normalized spacial score (nSPS) is 13.4. The van der Waals surface area contributed by atoms with E-state index in [1.807, 2.05) is 26.8 Å². The lowest BCUT2D eigenvalue weighted by Crippen LogP contribution is -2.30. The molecule has 0 saturated carbocycles. The Kier molecular flexibility index (Phi) is 11.6. The average molecular weight is 272 g/mol. The predicted octanol–water partition coefficient (Wildman–Crippen LogP) is 1.23. The topological polar surface area (TPSA) is 73.6 Å². The van der Waals surface area contributed by atoms with Crippen molar-refractivity contribution < 1.29 is 14.3 Å². The number of ketones is 1. The summed E-state index contributed by atoms with van der Waals surface area (Å²) >= 11 is 0. The van der Waals surface area contributed by atoms with E-state index in [0.29, 0.717) is 39.3 Å². The first kappa shape index (κ1) is 18.1. The summed E-state index contributed by atoms with van der Waals surface area (Å²) < 4.78 is 10.7. The molecule has 0 aromatic heterocycles. The van der Waals surface area contributed by atoms with Crippen molar-refractivity contribution in [2.75, 3.05) is 33.0 Å². The molecule has 1 unspecified atom stereocenters. The summed E-state index contributed by atoms with van der Waals surface area (Å²) in [6, 6.07) is -0.346. The maximum absolute atomic E-state index is 11.4. The van der Waals surface area contributed by atoms with Crippen LogP contribution in [0.25, 0.3) is 0 Å². The number of ether oxygens (including phenoxy) is 2. The van der Waals surface area contributed by atoms with Gasteiger partial charge in [-0.1, -0.05) is 13.0 Å². The Bertz CT molecular complexity index is 267. The van der Waals surface area contributed by atoms with Gasteiger partial charge >= 0.3 is 0 Å². The fraction of sp³-hybridized carbons (Fsp3) is 0.786. The smallest absolute Gasteiger partial charge is 0.151 e. The van der Waals surface area contributed by atoms with Crippen molar-refractivity contribution in [3.8, 4) is 0 Å². The van der Waals surface area contributed by atoms with Gasteiger partial charge in [0, 0.05) is 18.7 Å². The van der Waals surface area contributed by atoms with Crippen LogP contribution in [0.5, 0.6) is 0 Å². The Morgan fingerprint density at radius 2 is 1.89 bits per heavy atom. The quantitative estimate of drug-likeness (QED) is 0.523. The summed E-state index contributed by atoms with van der Waals surface area (Å²) in [5.74, 6) is 0.0643. The van der Waals surface area contributed by atoms with Gasteiger partial charge in [0.05, 0.1) is 32.5 Å². The first-order chi connectivity index (χ1) is 9.11. The van der Waals surface area contributed by atoms with Gasteiger partial charge in [-0.25, -0.2) is 0 Å². The van der Waals surface area contributed by atoms with Crippen molar-refractivity contribution in [1.29, 1.82) is 0 Å². The molecule has 3 N–H and O–H groups in total. The van der Waals surface area contributed by atoms with Crippen LogP contribution in [0.4, 0.5) is 0 Å². The predicted molar refractivity (Wildman–Crippen MR) is 77.0 cm³/mol. The molecule has 0 saturated heterocycles. The highest BCUT2D eigenvalue weighted by atomic mass is 16.5. The lowest BCUT2D eigenvalue weighted by atomic mass is 10.1. The minimum Gasteiger partial charge on any atom is -0.387 e. The molecule has 0 fully saturated rings. The fourth-order valence-electron chi connectivity index (χ4n) is 1.33. The van der Waals surface area contributed by atoms with Crippen LogP contribution in [0.1, 0.15) is 33.6 Å². The molecule has 0 aliphatic carbocycles. The van der Waals surface area contributed by atoms with E-state index >= 15 is 0 Å². The third-order valence-corrected chi connectivity index (χ3v) is 2.80. The van der Waals surface area contributed by atoms with Crippen molar-refractivity contribution in [2.24, 2.45) is 5.73 Å². The molecular weight excluding hydrogens is 244 g/mol. The van der Waals surface area contributed by atoms with E-state index in [-0.39, 0.29) is 11.8 Å². The molecule has 0 amide bonds. The maximum atomic E-state index is 11.4. The first-order valence-electron chi connectivity index (χ1n) is 6.92. The third-order valence-electron chi connectivity index (χ3n) is 2.80. The van der Waals surface area contributed by atoms with Gasteiger partial charge < -0.3 is 20.5 Å². The van der Waals surface area contributed by atoms with Crippen LogP contribution in [-0.2, 0) is 14.3 Å². The van der Waals surface area contributed by atoms with Gasteiger partial charge in [0.1, 0.15) is 0 Å². The van der Waals surface area contributed by atoms with E-state index in [9.17, 15) is 4.79 Å². The Labute approximate surface area is 116 Å². The maximum Gasteiger partial charge on any atom is 0.151 e. The Balaban J connectivity index is 3.26. The molecule has 0 heterocycles. The SMILES string of the molecule is CC=C(C)NCCOCCOCCC(=O)C(N)CC. The summed E-state index contributed by atoms with van der Waals surface area (Å²) in [6.45, 7) is 8.83. The van der Waals surface area contributed by atoms with Gasteiger partial charge in [0.15, 0.2) is 5.78 Å². The van der Waals surface area contributed by atoms with Crippen LogP contribution in [-0.4, -0.2) is 44.8 Å². The van der Waals surface area contributed by atoms with E-state index in [4.69, 9.17) is 15.2 Å². The standard InChI is InChI=1S/C14H28N2O3/c1-4-12(3)16-7-9-19-11-10-18-8-6-14(17)13(15)5-2/h4,13,16H,5-11,15H2,1-3H3. The van der Waals surface area contributed by atoms with Gasteiger partial charge in [-0.3, -0.25) is 4.79 Å². The molecule has 0 aliphatic rings. The zero-order valence-electron chi connectivity index (χ0n) is 12.4. The molecule has 5 heteroatoms. The van der Waals surface area contributed by atoms with Crippen LogP contribution >= 0.6 is 0 Å². The summed E-state index contributed by atoms with van der Waals surface area (Å²) in [6.07, 6.45) is 3.08. The van der Waals surface area contributed by atoms with Crippen molar-refractivity contribution in [3.05, 3.63) is 11.8 Å². The number of carbonyl (C=O) groups is 1. The number of carbonyl (C=O) groups excluding carboxylic acids is 1. The van der Waals surface area contributed by atoms with E-state index in [1.165, 1.54) is 0 Å². The Hall–Kier alpha value is -0.910. The van der Waals surface area contributed by atoms with Crippen LogP contribution in [0.2, 0.25) is 0 Å². The molecule has 0 rings (SSSR count). The van der Waals surface area contributed by atoms with Crippen molar-refractivity contribution in [2.45, 2.75) is 39.7 Å². The van der Waals surface area contributed by atoms with Gasteiger partial charge in [0.25, 0.3) is 0 Å². The number of allylic oxidation sites excluding steroid dienone is 2. The third kappa shape index (κ3) is 10.7. The highest BCUT2D eigenvalue weighted by Gasteiger charge is 2.09. The molecule has 0 radical (unpaired) electrons. The second-order valence-electron chi connectivity index (χ2n) is 4.35. The fourth-order valence-corrected chi connectivity index (χ4v) is 1.33. The summed E-state index contributed by atoms with van der Waals surface area (Å²) in [4.78, 5) is 11.4. The van der Waals surface area contributed by atoms with Gasteiger partial charge in [0.2, 0.25) is 0 Å². The second kappa shape index (κ2) is 12.1. The number of nitrogens with two attached hydrogens (primary N) is 1. The molecule has 0 aromatic rings. The molecule has 19 heavy (non-hydrogen) atoms. The summed E-state index contributed by atoms with van der Waals surface area (Å²) in [5.41, 5.74) is 6.75. The molecular formula is C14H28N2O3. The zero-order chi connectivity index (χ0) is 14.5. The van der Waals surface area contributed by atoms with Gasteiger partial charge in [-0.05, 0) is 20.3 Å². The second-order valence-corrected chi connectivity index (χ2v) is 4.35. The van der Waals surface area contributed by atoms with Crippen LogP contribution in [0.15, 0.2) is 11.8 Å². The molecule has 0 spiro atoms. The number of hydrogen-bond donors (Lipinski definition) is 2. The average Bonchev–Trinajstić information content (AvgIpc) is 2.43.